The lowest BCUT2D eigenvalue weighted by Crippen LogP contribution is -2.29. The molecular formula is C10H20O3. The Morgan fingerprint density at radius 2 is 2.08 bits per heavy atom. The summed E-state index contributed by atoms with van der Waals surface area (Å²) in [6.45, 7) is 5.66. The van der Waals surface area contributed by atoms with Crippen LogP contribution in [0.1, 0.15) is 33.1 Å². The van der Waals surface area contributed by atoms with Gasteiger partial charge in [0.1, 0.15) is 0 Å². The fraction of sp³-hybridized carbons (Fsp3) is 1.00. The molecule has 1 rings (SSSR count). The van der Waals surface area contributed by atoms with E-state index in [2.05, 4.69) is 13.8 Å². The average molecular weight is 188 g/mol. The normalized spacial score (nSPS) is 26.5. The van der Waals surface area contributed by atoms with E-state index in [1.54, 1.807) is 7.11 Å². The lowest BCUT2D eigenvalue weighted by molar-refractivity contribution is -0.173. The van der Waals surface area contributed by atoms with E-state index in [1.165, 1.54) is 0 Å². The van der Waals surface area contributed by atoms with Crippen molar-refractivity contribution in [2.45, 2.75) is 45.0 Å². The standard InChI is InChI=1S/C10H20O3/c1-4-10(5-2)12-8-9(13-10)6-7-11-3/h9H,4-8H2,1-3H3. The zero-order valence-corrected chi connectivity index (χ0v) is 8.84. The van der Waals surface area contributed by atoms with Crippen molar-refractivity contribution in [2.24, 2.45) is 0 Å². The highest BCUT2D eigenvalue weighted by Gasteiger charge is 2.37. The molecule has 1 unspecified atom stereocenters. The molecule has 0 radical (unpaired) electrons. The Hall–Kier alpha value is -0.120. The highest BCUT2D eigenvalue weighted by Crippen LogP contribution is 2.31. The maximum Gasteiger partial charge on any atom is 0.168 e. The SMILES string of the molecule is CCC1(CC)OCC(CCOC)O1. The molecular weight excluding hydrogens is 168 g/mol. The van der Waals surface area contributed by atoms with Crippen LogP contribution in [-0.2, 0) is 14.2 Å². The summed E-state index contributed by atoms with van der Waals surface area (Å²) in [5.74, 6) is -0.307. The molecule has 1 heterocycles. The van der Waals surface area contributed by atoms with Gasteiger partial charge in [-0.2, -0.15) is 0 Å². The third-order valence-corrected chi connectivity index (χ3v) is 2.64. The first kappa shape index (κ1) is 11.0. The summed E-state index contributed by atoms with van der Waals surface area (Å²) in [6, 6.07) is 0. The van der Waals surface area contributed by atoms with Crippen molar-refractivity contribution in [1.29, 1.82) is 0 Å². The van der Waals surface area contributed by atoms with Gasteiger partial charge in [0.2, 0.25) is 0 Å². The Morgan fingerprint density at radius 3 is 2.54 bits per heavy atom. The van der Waals surface area contributed by atoms with Gasteiger partial charge in [0.05, 0.1) is 12.7 Å². The van der Waals surface area contributed by atoms with Crippen LogP contribution in [0.5, 0.6) is 0 Å². The third-order valence-electron chi connectivity index (χ3n) is 2.64. The van der Waals surface area contributed by atoms with Crippen LogP contribution in [0.4, 0.5) is 0 Å². The molecule has 3 nitrogen and oxygen atoms in total. The second-order valence-corrected chi connectivity index (χ2v) is 3.45. The Kier molecular flexibility index (Phi) is 4.16. The summed E-state index contributed by atoms with van der Waals surface area (Å²) >= 11 is 0. The van der Waals surface area contributed by atoms with Crippen molar-refractivity contribution in [3.05, 3.63) is 0 Å². The molecule has 78 valence electrons. The Bertz CT molecular complexity index is 143. The minimum atomic E-state index is -0.307. The monoisotopic (exact) mass is 188 g/mol. The van der Waals surface area contributed by atoms with E-state index in [1.807, 2.05) is 0 Å². The van der Waals surface area contributed by atoms with Gasteiger partial charge in [0.15, 0.2) is 5.79 Å². The highest BCUT2D eigenvalue weighted by atomic mass is 16.7. The molecule has 3 heteroatoms. The van der Waals surface area contributed by atoms with E-state index in [4.69, 9.17) is 14.2 Å². The second-order valence-electron chi connectivity index (χ2n) is 3.45. The first-order valence-electron chi connectivity index (χ1n) is 5.07. The van der Waals surface area contributed by atoms with E-state index < -0.39 is 0 Å². The van der Waals surface area contributed by atoms with E-state index in [0.717, 1.165) is 25.9 Å². The molecule has 13 heavy (non-hydrogen) atoms. The molecule has 0 aromatic heterocycles. The molecule has 0 N–H and O–H groups in total. The maximum atomic E-state index is 5.85. The summed E-state index contributed by atoms with van der Waals surface area (Å²) in [4.78, 5) is 0. The van der Waals surface area contributed by atoms with Crippen LogP contribution in [0.3, 0.4) is 0 Å². The number of hydrogen-bond donors (Lipinski definition) is 0. The Labute approximate surface area is 80.4 Å². The second kappa shape index (κ2) is 4.94. The Balaban J connectivity index is 2.33. The van der Waals surface area contributed by atoms with Crippen LogP contribution in [0.2, 0.25) is 0 Å². The van der Waals surface area contributed by atoms with Crippen LogP contribution < -0.4 is 0 Å². The molecule has 1 fully saturated rings. The van der Waals surface area contributed by atoms with Gasteiger partial charge in [0.25, 0.3) is 0 Å². The summed E-state index contributed by atoms with van der Waals surface area (Å²) in [7, 11) is 1.71. The summed E-state index contributed by atoms with van der Waals surface area (Å²) in [5, 5.41) is 0. The van der Waals surface area contributed by atoms with Gasteiger partial charge >= 0.3 is 0 Å². The van der Waals surface area contributed by atoms with Crippen molar-refractivity contribution >= 4 is 0 Å². The first-order valence-corrected chi connectivity index (χ1v) is 5.07. The van der Waals surface area contributed by atoms with Gasteiger partial charge in [-0.3, -0.25) is 0 Å². The molecule has 1 saturated heterocycles. The predicted molar refractivity (Wildman–Crippen MR) is 50.6 cm³/mol. The van der Waals surface area contributed by atoms with Crippen molar-refractivity contribution in [2.75, 3.05) is 20.3 Å². The fourth-order valence-corrected chi connectivity index (χ4v) is 1.63. The van der Waals surface area contributed by atoms with Gasteiger partial charge in [-0.25, -0.2) is 0 Å². The van der Waals surface area contributed by atoms with E-state index in [-0.39, 0.29) is 11.9 Å². The molecule has 0 bridgehead atoms. The molecule has 0 aliphatic carbocycles. The maximum absolute atomic E-state index is 5.85. The molecule has 1 aliphatic heterocycles. The third kappa shape index (κ3) is 2.66. The molecule has 0 amide bonds. The minimum Gasteiger partial charge on any atom is -0.385 e. The smallest absolute Gasteiger partial charge is 0.168 e. The average Bonchev–Trinajstić information content (AvgIpc) is 2.59. The van der Waals surface area contributed by atoms with Crippen LogP contribution >= 0.6 is 0 Å². The van der Waals surface area contributed by atoms with Crippen LogP contribution in [-0.4, -0.2) is 32.2 Å². The van der Waals surface area contributed by atoms with Crippen LogP contribution in [0.25, 0.3) is 0 Å². The highest BCUT2D eigenvalue weighted by molar-refractivity contribution is 4.76. The van der Waals surface area contributed by atoms with Crippen molar-refractivity contribution < 1.29 is 14.2 Å². The number of ether oxygens (including phenoxy) is 3. The zero-order valence-electron chi connectivity index (χ0n) is 8.84. The molecule has 0 spiro atoms. The lowest BCUT2D eigenvalue weighted by atomic mass is 10.1. The molecule has 0 aromatic rings. The van der Waals surface area contributed by atoms with E-state index in [0.29, 0.717) is 6.61 Å². The quantitative estimate of drug-likeness (QED) is 0.660. The van der Waals surface area contributed by atoms with E-state index >= 15 is 0 Å². The van der Waals surface area contributed by atoms with Gasteiger partial charge in [-0.15, -0.1) is 0 Å². The topological polar surface area (TPSA) is 27.7 Å². The molecule has 0 saturated carbocycles. The molecule has 0 aromatic carbocycles. The molecule has 1 aliphatic rings. The van der Waals surface area contributed by atoms with Crippen LogP contribution in [0, 0.1) is 0 Å². The van der Waals surface area contributed by atoms with Crippen molar-refractivity contribution in [1.82, 2.24) is 0 Å². The minimum absolute atomic E-state index is 0.222. The zero-order chi connectivity index (χ0) is 9.73. The van der Waals surface area contributed by atoms with E-state index in [9.17, 15) is 0 Å². The summed E-state index contributed by atoms with van der Waals surface area (Å²) in [6.07, 6.45) is 3.00. The number of rotatable bonds is 5. The first-order chi connectivity index (χ1) is 6.26. The fourth-order valence-electron chi connectivity index (χ4n) is 1.63. The predicted octanol–water partition coefficient (Wildman–Crippen LogP) is 1.95. The Morgan fingerprint density at radius 1 is 1.38 bits per heavy atom. The largest absolute Gasteiger partial charge is 0.385 e. The number of methoxy groups -OCH3 is 1. The van der Waals surface area contributed by atoms with Crippen molar-refractivity contribution in [3.63, 3.8) is 0 Å². The summed E-state index contributed by atoms with van der Waals surface area (Å²) in [5.41, 5.74) is 0. The summed E-state index contributed by atoms with van der Waals surface area (Å²) < 4.78 is 16.5. The van der Waals surface area contributed by atoms with Crippen LogP contribution in [0.15, 0.2) is 0 Å². The van der Waals surface area contributed by atoms with Gasteiger partial charge in [0, 0.05) is 13.7 Å². The van der Waals surface area contributed by atoms with Gasteiger partial charge < -0.3 is 14.2 Å². The van der Waals surface area contributed by atoms with Crippen molar-refractivity contribution in [3.8, 4) is 0 Å². The lowest BCUT2D eigenvalue weighted by Gasteiger charge is -2.24. The number of hydrogen-bond acceptors (Lipinski definition) is 3. The van der Waals surface area contributed by atoms with Gasteiger partial charge in [-0.1, -0.05) is 13.8 Å². The van der Waals surface area contributed by atoms with Gasteiger partial charge in [-0.05, 0) is 19.3 Å². The molecule has 1 atom stereocenters.